The van der Waals surface area contributed by atoms with E-state index in [0.29, 0.717) is 47.2 Å². The number of imidazole rings is 1. The van der Waals surface area contributed by atoms with Crippen LogP contribution in [0.4, 0.5) is 24.7 Å². The Bertz CT molecular complexity index is 1860. The monoisotopic (exact) mass is 721 g/mol. The molecule has 3 fully saturated rings. The molecular formula is C38H46F3N7O4. The molecule has 278 valence electrons. The number of hydrogen-bond acceptors (Lipinski definition) is 10. The minimum atomic E-state index is -4.58. The van der Waals surface area contributed by atoms with Gasteiger partial charge in [0, 0.05) is 75.1 Å². The zero-order chi connectivity index (χ0) is 36.5. The molecule has 14 heteroatoms. The van der Waals surface area contributed by atoms with Crippen molar-refractivity contribution in [1.29, 1.82) is 0 Å². The number of halogens is 3. The predicted molar refractivity (Wildman–Crippen MR) is 191 cm³/mol. The van der Waals surface area contributed by atoms with Crippen molar-refractivity contribution in [3.05, 3.63) is 47.9 Å². The lowest BCUT2D eigenvalue weighted by atomic mass is 9.86. The lowest BCUT2D eigenvalue weighted by molar-refractivity contribution is -0.143. The maximum Gasteiger partial charge on any atom is 0.433 e. The number of esters is 1. The second-order valence-electron chi connectivity index (χ2n) is 14.5. The van der Waals surface area contributed by atoms with E-state index in [9.17, 15) is 18.0 Å². The average molecular weight is 722 g/mol. The van der Waals surface area contributed by atoms with E-state index in [2.05, 4.69) is 19.8 Å². The van der Waals surface area contributed by atoms with E-state index in [0.717, 1.165) is 94.1 Å². The molecule has 4 aromatic heterocycles. The normalized spacial score (nSPS) is 17.9. The third kappa shape index (κ3) is 8.17. The Balaban J connectivity index is 1.17. The number of hydrogen-bond donors (Lipinski definition) is 1. The van der Waals surface area contributed by atoms with Crippen LogP contribution < -0.4 is 9.80 Å². The van der Waals surface area contributed by atoms with Crippen LogP contribution in [0, 0.1) is 5.41 Å². The molecule has 0 amide bonds. The number of carbonyl (C=O) groups is 1. The van der Waals surface area contributed by atoms with Crippen molar-refractivity contribution in [1.82, 2.24) is 24.9 Å². The molecule has 0 radical (unpaired) electrons. The van der Waals surface area contributed by atoms with Crippen molar-refractivity contribution in [2.24, 2.45) is 5.41 Å². The first-order valence-electron chi connectivity index (χ1n) is 18.2. The summed E-state index contributed by atoms with van der Waals surface area (Å²) < 4.78 is 58.6. The highest BCUT2D eigenvalue weighted by Crippen LogP contribution is 2.44. The second kappa shape index (κ2) is 15.0. The zero-order valence-corrected chi connectivity index (χ0v) is 30.0. The largest absolute Gasteiger partial charge is 0.463 e. The molecule has 5 heterocycles. The molecule has 3 aliphatic rings. The Morgan fingerprint density at radius 3 is 2.44 bits per heavy atom. The Morgan fingerprint density at radius 1 is 1.02 bits per heavy atom. The van der Waals surface area contributed by atoms with Gasteiger partial charge in [-0.05, 0) is 68.9 Å². The minimum Gasteiger partial charge on any atom is -0.463 e. The van der Waals surface area contributed by atoms with Gasteiger partial charge in [-0.3, -0.25) is 4.79 Å². The number of aromatic nitrogens is 5. The number of aromatic amines is 1. The molecule has 2 aliphatic carbocycles. The van der Waals surface area contributed by atoms with Crippen molar-refractivity contribution in [2.45, 2.75) is 76.5 Å². The number of H-pyrrole nitrogens is 1. The number of ether oxygens (including phenoxy) is 3. The van der Waals surface area contributed by atoms with E-state index in [-0.39, 0.29) is 30.0 Å². The Morgan fingerprint density at radius 2 is 1.79 bits per heavy atom. The van der Waals surface area contributed by atoms with Gasteiger partial charge in [0.1, 0.15) is 29.5 Å². The third-order valence-corrected chi connectivity index (χ3v) is 10.5. The smallest absolute Gasteiger partial charge is 0.433 e. The average Bonchev–Trinajstić information content (AvgIpc) is 3.74. The number of carbonyl (C=O) groups excluding carboxylic acids is 1. The number of rotatable bonds is 13. The SMILES string of the molecule is COCC1(CN(C)c2cc(-c3cc(C4CC4)nc(C(F)(F)F)c3)nc3nc(-c4ccc(N5CCC(OCCOC(C)=O)CC5)nc4)[nH]c23)CCCC1. The number of fused-ring (bicyclic) bond motifs is 1. The molecule has 11 nitrogen and oxygen atoms in total. The van der Waals surface area contributed by atoms with Gasteiger partial charge in [0.25, 0.3) is 0 Å². The van der Waals surface area contributed by atoms with Crippen LogP contribution in [0.5, 0.6) is 0 Å². The first-order valence-corrected chi connectivity index (χ1v) is 18.2. The minimum absolute atomic E-state index is 0.0222. The van der Waals surface area contributed by atoms with Crippen LogP contribution in [-0.2, 0) is 25.2 Å². The molecule has 1 aliphatic heterocycles. The highest BCUT2D eigenvalue weighted by molar-refractivity contribution is 5.91. The van der Waals surface area contributed by atoms with Gasteiger partial charge < -0.3 is 29.0 Å². The fraction of sp³-hybridized carbons (Fsp3) is 0.553. The van der Waals surface area contributed by atoms with Crippen LogP contribution in [0.25, 0.3) is 33.8 Å². The van der Waals surface area contributed by atoms with Crippen LogP contribution >= 0.6 is 0 Å². The molecular weight excluding hydrogens is 675 g/mol. The molecule has 1 saturated heterocycles. The third-order valence-electron chi connectivity index (χ3n) is 10.5. The fourth-order valence-corrected chi connectivity index (χ4v) is 7.72. The van der Waals surface area contributed by atoms with E-state index >= 15 is 0 Å². The predicted octanol–water partition coefficient (Wildman–Crippen LogP) is 7.17. The Hall–Kier alpha value is -4.30. The zero-order valence-electron chi connectivity index (χ0n) is 30.0. The quantitative estimate of drug-likeness (QED) is 0.112. The summed E-state index contributed by atoms with van der Waals surface area (Å²) in [4.78, 5) is 37.3. The van der Waals surface area contributed by atoms with Crippen LogP contribution in [0.3, 0.4) is 0 Å². The summed E-state index contributed by atoms with van der Waals surface area (Å²) in [5, 5.41) is 0. The van der Waals surface area contributed by atoms with Gasteiger partial charge >= 0.3 is 12.1 Å². The summed E-state index contributed by atoms with van der Waals surface area (Å²) in [6.45, 7) is 4.95. The molecule has 0 unspecified atom stereocenters. The summed E-state index contributed by atoms with van der Waals surface area (Å²) in [6.07, 6.45) is 5.02. The molecule has 0 atom stereocenters. The van der Waals surface area contributed by atoms with Crippen molar-refractivity contribution in [3.8, 4) is 22.6 Å². The van der Waals surface area contributed by atoms with Crippen molar-refractivity contribution in [3.63, 3.8) is 0 Å². The van der Waals surface area contributed by atoms with Gasteiger partial charge in [0.15, 0.2) is 5.65 Å². The maximum absolute atomic E-state index is 14.0. The van der Waals surface area contributed by atoms with Gasteiger partial charge in [-0.15, -0.1) is 0 Å². The highest BCUT2D eigenvalue weighted by Gasteiger charge is 2.37. The van der Waals surface area contributed by atoms with Gasteiger partial charge in [-0.1, -0.05) is 12.8 Å². The van der Waals surface area contributed by atoms with Gasteiger partial charge in [0.05, 0.1) is 30.7 Å². The molecule has 2 saturated carbocycles. The van der Waals surface area contributed by atoms with Crippen LogP contribution in [0.1, 0.15) is 75.6 Å². The maximum atomic E-state index is 14.0. The molecule has 52 heavy (non-hydrogen) atoms. The van der Waals surface area contributed by atoms with Crippen molar-refractivity contribution >= 4 is 28.6 Å². The number of methoxy groups -OCH3 is 1. The van der Waals surface area contributed by atoms with E-state index < -0.39 is 11.9 Å². The molecule has 1 N–H and O–H groups in total. The molecule has 0 spiro atoms. The van der Waals surface area contributed by atoms with Crippen LogP contribution in [0.2, 0.25) is 0 Å². The Kier molecular flexibility index (Phi) is 10.4. The first-order chi connectivity index (χ1) is 25.0. The molecule has 0 bridgehead atoms. The van der Waals surface area contributed by atoms with E-state index in [4.69, 9.17) is 29.2 Å². The lowest BCUT2D eigenvalue weighted by Crippen LogP contribution is -2.37. The summed E-state index contributed by atoms with van der Waals surface area (Å²) in [5.74, 6) is 1.15. The van der Waals surface area contributed by atoms with E-state index in [1.807, 2.05) is 25.2 Å². The second-order valence-corrected chi connectivity index (χ2v) is 14.5. The van der Waals surface area contributed by atoms with Crippen LogP contribution in [-0.4, -0.2) is 90.6 Å². The van der Waals surface area contributed by atoms with Gasteiger partial charge in [0.2, 0.25) is 0 Å². The van der Waals surface area contributed by atoms with Crippen LogP contribution in [0.15, 0.2) is 36.5 Å². The Labute approximate surface area is 301 Å². The van der Waals surface area contributed by atoms with E-state index in [1.165, 1.54) is 6.92 Å². The van der Waals surface area contributed by atoms with Gasteiger partial charge in [-0.25, -0.2) is 19.9 Å². The molecule has 4 aromatic rings. The highest BCUT2D eigenvalue weighted by atomic mass is 19.4. The topological polar surface area (TPSA) is 119 Å². The number of alkyl halides is 3. The summed E-state index contributed by atoms with van der Waals surface area (Å²) in [6, 6.07) is 8.67. The first kappa shape index (κ1) is 36.1. The summed E-state index contributed by atoms with van der Waals surface area (Å²) in [7, 11) is 3.75. The molecule has 7 rings (SSSR count). The number of piperidine rings is 1. The van der Waals surface area contributed by atoms with Crippen molar-refractivity contribution < 1.29 is 32.2 Å². The number of nitrogens with one attached hydrogen (secondary N) is 1. The van der Waals surface area contributed by atoms with Crippen molar-refractivity contribution in [2.75, 3.05) is 63.4 Å². The standard InChI is InChI=1S/C38H46F3N7O4/c1-24(49)51-16-17-52-28-10-14-48(15-11-28)33-9-8-26(21-42-33)35-45-34-31(47(2)22-37(23-50-3)12-4-5-13-37)20-30(44-36(34)46-35)27-18-29(25-6-7-25)43-32(19-27)38(39,40)41/h8-9,18-21,25,28H,4-7,10-17,22-23H2,1-3H3,(H,44,45,46). The summed E-state index contributed by atoms with van der Waals surface area (Å²) >= 11 is 0. The van der Waals surface area contributed by atoms with E-state index in [1.54, 1.807) is 19.4 Å². The van der Waals surface area contributed by atoms with Gasteiger partial charge in [-0.2, -0.15) is 13.2 Å². The number of anilines is 2. The fourth-order valence-electron chi connectivity index (χ4n) is 7.72. The number of nitrogens with zero attached hydrogens (tertiary/aromatic N) is 6. The lowest BCUT2D eigenvalue weighted by Gasteiger charge is -2.34. The summed E-state index contributed by atoms with van der Waals surface area (Å²) in [5.41, 5.74) is 3.03. The number of pyridine rings is 3. The molecule has 0 aromatic carbocycles.